The van der Waals surface area contributed by atoms with Crippen LogP contribution in [-0.2, 0) is 9.59 Å². The zero-order valence-electron chi connectivity index (χ0n) is 12.8. The first-order valence-corrected chi connectivity index (χ1v) is 8.26. The summed E-state index contributed by atoms with van der Waals surface area (Å²) in [5.41, 5.74) is 2.64. The number of carbonyl (C=O) groups excluding carboxylic acids is 2. The van der Waals surface area contributed by atoms with Crippen molar-refractivity contribution in [1.29, 1.82) is 0 Å². The monoisotopic (exact) mass is 372 g/mol. The Morgan fingerprint density at radius 3 is 2.65 bits per heavy atom. The molecule has 118 valence electrons. The second-order valence-electron chi connectivity index (χ2n) is 5.69. The highest BCUT2D eigenvalue weighted by Crippen LogP contribution is 2.26. The average Bonchev–Trinajstić information content (AvgIpc) is 2.94. The highest BCUT2D eigenvalue weighted by Gasteiger charge is 2.35. The molecule has 1 fully saturated rings. The van der Waals surface area contributed by atoms with Crippen LogP contribution < -0.4 is 10.2 Å². The number of halogens is 1. The molecule has 1 saturated heterocycles. The summed E-state index contributed by atoms with van der Waals surface area (Å²) >= 11 is 3.44. The Labute approximate surface area is 143 Å². The second-order valence-corrected chi connectivity index (χ2v) is 6.55. The fourth-order valence-corrected chi connectivity index (χ4v) is 2.95. The van der Waals surface area contributed by atoms with Crippen LogP contribution in [-0.4, -0.2) is 18.4 Å². The van der Waals surface area contributed by atoms with E-state index in [2.05, 4.69) is 21.2 Å². The molecule has 1 heterocycles. The summed E-state index contributed by atoms with van der Waals surface area (Å²) in [7, 11) is 0. The Morgan fingerprint density at radius 2 is 1.96 bits per heavy atom. The second kappa shape index (κ2) is 6.54. The van der Waals surface area contributed by atoms with Crippen molar-refractivity contribution >= 4 is 39.1 Å². The predicted molar refractivity (Wildman–Crippen MR) is 94.4 cm³/mol. The molecule has 0 unspecified atom stereocenters. The van der Waals surface area contributed by atoms with E-state index in [4.69, 9.17) is 0 Å². The summed E-state index contributed by atoms with van der Waals surface area (Å²) in [5, 5.41) is 2.91. The van der Waals surface area contributed by atoms with Gasteiger partial charge in [0.15, 0.2) is 0 Å². The van der Waals surface area contributed by atoms with Crippen molar-refractivity contribution in [2.24, 2.45) is 5.92 Å². The van der Waals surface area contributed by atoms with E-state index in [1.807, 2.05) is 55.5 Å². The first kappa shape index (κ1) is 15.7. The molecule has 2 amide bonds. The summed E-state index contributed by atoms with van der Waals surface area (Å²) in [5.74, 6) is -0.450. The van der Waals surface area contributed by atoms with Gasteiger partial charge in [-0.2, -0.15) is 0 Å². The number of amides is 2. The molecular weight excluding hydrogens is 356 g/mol. The van der Waals surface area contributed by atoms with E-state index in [1.165, 1.54) is 0 Å². The lowest BCUT2D eigenvalue weighted by Gasteiger charge is -2.16. The van der Waals surface area contributed by atoms with Gasteiger partial charge in [0.1, 0.15) is 0 Å². The number of carbonyl (C=O) groups is 2. The van der Waals surface area contributed by atoms with Crippen molar-refractivity contribution in [3.8, 4) is 0 Å². The summed E-state index contributed by atoms with van der Waals surface area (Å²) in [4.78, 5) is 26.3. The largest absolute Gasteiger partial charge is 0.326 e. The highest BCUT2D eigenvalue weighted by molar-refractivity contribution is 9.10. The molecule has 4 nitrogen and oxygen atoms in total. The van der Waals surface area contributed by atoms with Crippen LogP contribution in [0, 0.1) is 12.8 Å². The molecule has 1 aliphatic rings. The van der Waals surface area contributed by atoms with Crippen molar-refractivity contribution in [1.82, 2.24) is 0 Å². The Hall–Kier alpha value is -2.14. The molecular formula is C18H17BrN2O2. The van der Waals surface area contributed by atoms with Gasteiger partial charge in [-0.3, -0.25) is 9.59 Å². The lowest BCUT2D eigenvalue weighted by atomic mass is 10.1. The number of nitrogens with zero attached hydrogens (tertiary/aromatic N) is 1. The minimum absolute atomic E-state index is 0.0108. The molecule has 0 saturated carbocycles. The zero-order chi connectivity index (χ0) is 16.4. The maximum Gasteiger partial charge on any atom is 0.229 e. The standard InChI is InChI=1S/C18H17BrN2O2/c1-12-9-14(7-8-16(12)19)20-18(23)13-10-17(22)21(11-13)15-5-3-2-4-6-15/h2-9,13H,10-11H2,1H3,(H,20,23)/t13-/m0/s1. The maximum atomic E-state index is 12.4. The van der Waals surface area contributed by atoms with Crippen LogP contribution >= 0.6 is 15.9 Å². The van der Waals surface area contributed by atoms with Gasteiger partial charge in [-0.15, -0.1) is 0 Å². The van der Waals surface area contributed by atoms with Crippen LogP contribution in [0.4, 0.5) is 11.4 Å². The molecule has 23 heavy (non-hydrogen) atoms. The number of aryl methyl sites for hydroxylation is 1. The third-order valence-corrected chi connectivity index (χ3v) is 4.88. The van der Waals surface area contributed by atoms with Crippen molar-refractivity contribution in [2.75, 3.05) is 16.8 Å². The quantitative estimate of drug-likeness (QED) is 0.891. The van der Waals surface area contributed by atoms with Crippen LogP contribution in [0.25, 0.3) is 0 Å². The average molecular weight is 373 g/mol. The molecule has 1 aliphatic heterocycles. The van der Waals surface area contributed by atoms with E-state index in [0.29, 0.717) is 6.54 Å². The molecule has 0 bridgehead atoms. The third kappa shape index (κ3) is 3.45. The van der Waals surface area contributed by atoms with Gasteiger partial charge in [0.25, 0.3) is 0 Å². The molecule has 2 aromatic carbocycles. The molecule has 1 N–H and O–H groups in total. The van der Waals surface area contributed by atoms with Gasteiger partial charge in [0.05, 0.1) is 5.92 Å². The number of rotatable bonds is 3. The third-order valence-electron chi connectivity index (χ3n) is 3.99. The van der Waals surface area contributed by atoms with Crippen molar-refractivity contribution in [2.45, 2.75) is 13.3 Å². The fraction of sp³-hybridized carbons (Fsp3) is 0.222. The number of benzene rings is 2. The smallest absolute Gasteiger partial charge is 0.229 e. The number of hydrogen-bond donors (Lipinski definition) is 1. The fourth-order valence-electron chi connectivity index (χ4n) is 2.71. The normalized spacial score (nSPS) is 17.4. The Kier molecular flexibility index (Phi) is 4.48. The van der Waals surface area contributed by atoms with Gasteiger partial charge in [-0.1, -0.05) is 34.1 Å². The topological polar surface area (TPSA) is 49.4 Å². The van der Waals surface area contributed by atoms with Crippen molar-refractivity contribution in [3.05, 3.63) is 58.6 Å². The molecule has 0 aromatic heterocycles. The molecule has 1 atom stereocenters. The maximum absolute atomic E-state index is 12.4. The predicted octanol–water partition coefficient (Wildman–Crippen LogP) is 3.75. The Balaban J connectivity index is 1.69. The van der Waals surface area contributed by atoms with E-state index in [1.54, 1.807) is 4.90 Å². The minimum Gasteiger partial charge on any atom is -0.326 e. The molecule has 0 spiro atoms. The van der Waals surface area contributed by atoms with Crippen LogP contribution in [0.3, 0.4) is 0 Å². The number of nitrogens with one attached hydrogen (secondary N) is 1. The summed E-state index contributed by atoms with van der Waals surface area (Å²) in [6.45, 7) is 2.39. The number of para-hydroxylation sites is 1. The molecule has 3 rings (SSSR count). The SMILES string of the molecule is Cc1cc(NC(=O)[C@H]2CC(=O)N(c3ccccc3)C2)ccc1Br. The molecule has 2 aromatic rings. The van der Waals surface area contributed by atoms with Gasteiger partial charge in [0.2, 0.25) is 11.8 Å². The lowest BCUT2D eigenvalue weighted by molar-refractivity contribution is -0.122. The van der Waals surface area contributed by atoms with Crippen LogP contribution in [0.5, 0.6) is 0 Å². The van der Waals surface area contributed by atoms with Crippen LogP contribution in [0.2, 0.25) is 0 Å². The van der Waals surface area contributed by atoms with Gasteiger partial charge in [-0.05, 0) is 42.8 Å². The summed E-state index contributed by atoms with van der Waals surface area (Å²) in [6, 6.07) is 15.1. The minimum atomic E-state index is -0.327. The van der Waals surface area contributed by atoms with E-state index in [0.717, 1.165) is 21.4 Å². The van der Waals surface area contributed by atoms with Crippen molar-refractivity contribution in [3.63, 3.8) is 0 Å². The lowest BCUT2D eigenvalue weighted by Crippen LogP contribution is -2.28. The van der Waals surface area contributed by atoms with E-state index >= 15 is 0 Å². The van der Waals surface area contributed by atoms with Gasteiger partial charge >= 0.3 is 0 Å². The van der Waals surface area contributed by atoms with Crippen LogP contribution in [0.1, 0.15) is 12.0 Å². The van der Waals surface area contributed by atoms with E-state index < -0.39 is 0 Å². The number of hydrogen-bond acceptors (Lipinski definition) is 2. The van der Waals surface area contributed by atoms with E-state index in [-0.39, 0.29) is 24.2 Å². The first-order chi connectivity index (χ1) is 11.0. The molecule has 0 radical (unpaired) electrons. The summed E-state index contributed by atoms with van der Waals surface area (Å²) < 4.78 is 1.00. The molecule has 5 heteroatoms. The van der Waals surface area contributed by atoms with Gasteiger partial charge < -0.3 is 10.2 Å². The van der Waals surface area contributed by atoms with Crippen molar-refractivity contribution < 1.29 is 9.59 Å². The Bertz CT molecular complexity index is 746. The zero-order valence-corrected chi connectivity index (χ0v) is 14.3. The van der Waals surface area contributed by atoms with E-state index in [9.17, 15) is 9.59 Å². The number of anilines is 2. The summed E-state index contributed by atoms with van der Waals surface area (Å²) in [6.07, 6.45) is 0.246. The molecule has 0 aliphatic carbocycles. The Morgan fingerprint density at radius 1 is 1.22 bits per heavy atom. The van der Waals surface area contributed by atoms with Crippen LogP contribution in [0.15, 0.2) is 53.0 Å². The van der Waals surface area contributed by atoms with Gasteiger partial charge in [0, 0.05) is 28.8 Å². The first-order valence-electron chi connectivity index (χ1n) is 7.47. The highest BCUT2D eigenvalue weighted by atomic mass is 79.9. The van der Waals surface area contributed by atoms with Gasteiger partial charge in [-0.25, -0.2) is 0 Å².